The Morgan fingerprint density at radius 1 is 1.09 bits per heavy atom. The fraction of sp³-hybridized carbons (Fsp3) is 0.250. The third-order valence-electron chi connectivity index (χ3n) is 3.87. The Morgan fingerprint density at radius 2 is 1.87 bits per heavy atom. The molecule has 0 saturated carbocycles. The second-order valence-electron chi connectivity index (χ2n) is 5.33. The second-order valence-corrected chi connectivity index (χ2v) is 5.33. The van der Waals surface area contributed by atoms with Gasteiger partial charge in [0.2, 0.25) is 5.65 Å². The summed E-state index contributed by atoms with van der Waals surface area (Å²) in [7, 11) is 0. The van der Waals surface area contributed by atoms with E-state index >= 15 is 0 Å². The van der Waals surface area contributed by atoms with Crippen LogP contribution in [0, 0.1) is 13.8 Å². The highest BCUT2D eigenvalue weighted by Crippen LogP contribution is 2.26. The van der Waals surface area contributed by atoms with Crippen LogP contribution in [-0.4, -0.2) is 36.2 Å². The molecule has 0 saturated heterocycles. The summed E-state index contributed by atoms with van der Waals surface area (Å²) in [6.45, 7) is 6.63. The van der Waals surface area contributed by atoms with Gasteiger partial charge in [-0.05, 0) is 45.0 Å². The first-order valence-corrected chi connectivity index (χ1v) is 7.48. The molecule has 116 valence electrons. The molecule has 0 atom stereocenters. The molecule has 0 aliphatic rings. The molecule has 0 unspecified atom stereocenters. The Kier molecular flexibility index (Phi) is 3.00. The first kappa shape index (κ1) is 13.7. The number of fused-ring (bicyclic) bond motifs is 3. The van der Waals surface area contributed by atoms with Gasteiger partial charge in [0.05, 0.1) is 29.1 Å². The van der Waals surface area contributed by atoms with Crippen molar-refractivity contribution in [3.8, 4) is 11.4 Å². The highest BCUT2D eigenvalue weighted by molar-refractivity contribution is 5.93. The van der Waals surface area contributed by atoms with Crippen LogP contribution in [0.1, 0.15) is 18.3 Å². The summed E-state index contributed by atoms with van der Waals surface area (Å²) in [5.41, 5.74) is 4.38. The van der Waals surface area contributed by atoms with Gasteiger partial charge in [0, 0.05) is 0 Å². The summed E-state index contributed by atoms with van der Waals surface area (Å²) < 4.78 is 9.06. The maximum atomic E-state index is 5.49. The fourth-order valence-electron chi connectivity index (χ4n) is 2.86. The van der Waals surface area contributed by atoms with Gasteiger partial charge in [0.1, 0.15) is 17.6 Å². The molecule has 0 aliphatic heterocycles. The van der Waals surface area contributed by atoms with E-state index in [0.29, 0.717) is 12.3 Å². The lowest BCUT2D eigenvalue weighted by Crippen LogP contribution is -1.99. The molecule has 0 amide bonds. The molecule has 4 rings (SSSR count). The fourth-order valence-corrected chi connectivity index (χ4v) is 2.86. The lowest BCUT2D eigenvalue weighted by atomic mass is 10.2. The van der Waals surface area contributed by atoms with Gasteiger partial charge >= 0.3 is 0 Å². The lowest BCUT2D eigenvalue weighted by molar-refractivity contribution is 0.340. The third kappa shape index (κ3) is 2.04. The summed E-state index contributed by atoms with van der Waals surface area (Å²) in [6.07, 6.45) is 1.59. The van der Waals surface area contributed by atoms with Crippen molar-refractivity contribution in [2.75, 3.05) is 6.61 Å². The number of benzene rings is 1. The number of hydrogen-bond acceptors (Lipinski definition) is 5. The van der Waals surface area contributed by atoms with Crippen molar-refractivity contribution in [2.45, 2.75) is 20.8 Å². The predicted molar refractivity (Wildman–Crippen MR) is 86.1 cm³/mol. The Labute approximate surface area is 132 Å². The highest BCUT2D eigenvalue weighted by atomic mass is 16.5. The molecule has 7 heteroatoms. The molecule has 0 spiro atoms. The normalized spacial score (nSPS) is 11.4. The van der Waals surface area contributed by atoms with Crippen LogP contribution >= 0.6 is 0 Å². The second kappa shape index (κ2) is 5.05. The van der Waals surface area contributed by atoms with E-state index in [0.717, 1.165) is 33.7 Å². The number of ether oxygens (including phenoxy) is 1. The van der Waals surface area contributed by atoms with Crippen LogP contribution in [0.2, 0.25) is 0 Å². The Bertz CT molecular complexity index is 999. The van der Waals surface area contributed by atoms with E-state index < -0.39 is 0 Å². The molecule has 0 radical (unpaired) electrons. The number of hydrogen-bond donors (Lipinski definition) is 0. The van der Waals surface area contributed by atoms with Crippen molar-refractivity contribution in [1.29, 1.82) is 0 Å². The van der Waals surface area contributed by atoms with E-state index in [4.69, 9.17) is 9.84 Å². The molecule has 0 bridgehead atoms. The van der Waals surface area contributed by atoms with Gasteiger partial charge in [-0.3, -0.25) is 0 Å². The van der Waals surface area contributed by atoms with E-state index in [9.17, 15) is 0 Å². The number of aryl methyl sites for hydroxylation is 2. The molecular formula is C16H16N6O. The van der Waals surface area contributed by atoms with Crippen LogP contribution in [0.4, 0.5) is 0 Å². The zero-order valence-electron chi connectivity index (χ0n) is 13.2. The molecule has 3 aromatic heterocycles. The smallest absolute Gasteiger partial charge is 0.205 e. The van der Waals surface area contributed by atoms with Crippen LogP contribution in [0.3, 0.4) is 0 Å². The average Bonchev–Trinajstić information content (AvgIpc) is 3.13. The largest absolute Gasteiger partial charge is 0.494 e. The van der Waals surface area contributed by atoms with Crippen molar-refractivity contribution < 1.29 is 4.74 Å². The first-order chi connectivity index (χ1) is 11.2. The van der Waals surface area contributed by atoms with E-state index in [2.05, 4.69) is 15.3 Å². The summed E-state index contributed by atoms with van der Waals surface area (Å²) in [6, 6.07) is 7.88. The third-order valence-corrected chi connectivity index (χ3v) is 3.87. The van der Waals surface area contributed by atoms with E-state index in [1.54, 1.807) is 10.8 Å². The molecular weight excluding hydrogens is 292 g/mol. The summed E-state index contributed by atoms with van der Waals surface area (Å²) >= 11 is 0. The number of nitrogens with zero attached hydrogens (tertiary/aromatic N) is 6. The van der Waals surface area contributed by atoms with Gasteiger partial charge in [-0.2, -0.15) is 14.7 Å². The van der Waals surface area contributed by atoms with Crippen LogP contribution in [0.5, 0.6) is 5.75 Å². The van der Waals surface area contributed by atoms with Gasteiger partial charge in [-0.1, -0.05) is 0 Å². The Balaban J connectivity index is 1.93. The standard InChI is InChI=1S/C16H16N6O/c1-4-23-13-7-5-12(6-8-13)22-11(3)14-10(2)19-21-9-17-18-16(21)15(14)20-22/h5-9H,4H2,1-3H3. The van der Waals surface area contributed by atoms with Crippen LogP contribution < -0.4 is 4.74 Å². The maximum absolute atomic E-state index is 5.49. The monoisotopic (exact) mass is 308 g/mol. The molecule has 0 fully saturated rings. The average molecular weight is 308 g/mol. The van der Waals surface area contributed by atoms with Gasteiger partial charge in [-0.15, -0.1) is 10.2 Å². The quantitative estimate of drug-likeness (QED) is 0.581. The minimum absolute atomic E-state index is 0.653. The zero-order chi connectivity index (χ0) is 16.0. The van der Waals surface area contributed by atoms with Gasteiger partial charge in [-0.25, -0.2) is 4.68 Å². The van der Waals surface area contributed by atoms with Crippen molar-refractivity contribution in [2.24, 2.45) is 0 Å². The topological polar surface area (TPSA) is 70.1 Å². The molecule has 0 aliphatic carbocycles. The van der Waals surface area contributed by atoms with Crippen molar-refractivity contribution in [3.05, 3.63) is 42.0 Å². The molecule has 23 heavy (non-hydrogen) atoms. The number of rotatable bonds is 3. The predicted octanol–water partition coefficient (Wildman–Crippen LogP) is 2.48. The van der Waals surface area contributed by atoms with Crippen molar-refractivity contribution in [1.82, 2.24) is 29.6 Å². The summed E-state index contributed by atoms with van der Waals surface area (Å²) in [5, 5.41) is 18.3. The van der Waals surface area contributed by atoms with Crippen molar-refractivity contribution in [3.63, 3.8) is 0 Å². The SMILES string of the molecule is CCOc1ccc(-n2nc3c(c(C)nn4cnnc34)c2C)cc1. The van der Waals surface area contributed by atoms with Crippen molar-refractivity contribution >= 4 is 16.6 Å². The minimum Gasteiger partial charge on any atom is -0.494 e. The van der Waals surface area contributed by atoms with E-state index in [1.165, 1.54) is 0 Å². The molecule has 0 N–H and O–H groups in total. The van der Waals surface area contributed by atoms with Gasteiger partial charge in [0.25, 0.3) is 0 Å². The van der Waals surface area contributed by atoms with Crippen LogP contribution in [0.25, 0.3) is 22.2 Å². The maximum Gasteiger partial charge on any atom is 0.205 e. The zero-order valence-corrected chi connectivity index (χ0v) is 13.2. The lowest BCUT2D eigenvalue weighted by Gasteiger charge is -2.06. The van der Waals surface area contributed by atoms with Gasteiger partial charge < -0.3 is 4.74 Å². The van der Waals surface area contributed by atoms with Crippen LogP contribution in [-0.2, 0) is 0 Å². The molecule has 7 nitrogen and oxygen atoms in total. The van der Waals surface area contributed by atoms with Gasteiger partial charge in [0.15, 0.2) is 0 Å². The Morgan fingerprint density at radius 3 is 2.61 bits per heavy atom. The summed E-state index contributed by atoms with van der Waals surface area (Å²) in [4.78, 5) is 0. The van der Waals surface area contributed by atoms with E-state index in [1.807, 2.05) is 49.7 Å². The van der Waals surface area contributed by atoms with Crippen LogP contribution in [0.15, 0.2) is 30.6 Å². The minimum atomic E-state index is 0.653. The van der Waals surface area contributed by atoms with E-state index in [-0.39, 0.29) is 0 Å². The molecule has 1 aromatic carbocycles. The number of aromatic nitrogens is 6. The highest BCUT2D eigenvalue weighted by Gasteiger charge is 2.16. The molecule has 3 heterocycles. The summed E-state index contributed by atoms with van der Waals surface area (Å²) in [5.74, 6) is 0.850. The first-order valence-electron chi connectivity index (χ1n) is 7.48. The molecule has 4 aromatic rings. The Hall–Kier alpha value is -2.96.